The van der Waals surface area contributed by atoms with Gasteiger partial charge in [0.2, 0.25) is 5.88 Å². The lowest BCUT2D eigenvalue weighted by molar-refractivity contribution is 0.304. The van der Waals surface area contributed by atoms with Crippen LogP contribution in [0.5, 0.6) is 5.88 Å². The summed E-state index contributed by atoms with van der Waals surface area (Å²) in [7, 11) is 0. The van der Waals surface area contributed by atoms with Crippen molar-refractivity contribution in [3.63, 3.8) is 0 Å². The summed E-state index contributed by atoms with van der Waals surface area (Å²) in [5, 5.41) is 3.17. The van der Waals surface area contributed by atoms with Crippen LogP contribution in [0.25, 0.3) is 0 Å². The minimum absolute atomic E-state index is 0.155. The molecule has 0 aromatic carbocycles. The predicted octanol–water partition coefficient (Wildman–Crippen LogP) is 1.80. The van der Waals surface area contributed by atoms with Crippen LogP contribution in [0.4, 0.5) is 5.82 Å². The molecular formula is C12H22N4O. The van der Waals surface area contributed by atoms with Gasteiger partial charge in [-0.25, -0.2) is 0 Å². The summed E-state index contributed by atoms with van der Waals surface area (Å²) < 4.78 is 5.41. The maximum absolute atomic E-state index is 5.91. The van der Waals surface area contributed by atoms with E-state index in [-0.39, 0.29) is 6.04 Å². The molecule has 0 aliphatic heterocycles. The number of ether oxygens (including phenoxy) is 1. The largest absolute Gasteiger partial charge is 0.477 e. The van der Waals surface area contributed by atoms with Crippen molar-refractivity contribution in [3.8, 4) is 5.88 Å². The highest BCUT2D eigenvalue weighted by Crippen LogP contribution is 2.09. The second-order valence-corrected chi connectivity index (χ2v) is 4.02. The molecule has 0 saturated heterocycles. The Morgan fingerprint density at radius 2 is 2.18 bits per heavy atom. The van der Waals surface area contributed by atoms with E-state index in [1.807, 2.05) is 0 Å². The number of nitrogens with two attached hydrogens (primary N) is 1. The van der Waals surface area contributed by atoms with Crippen molar-refractivity contribution in [2.24, 2.45) is 5.73 Å². The second-order valence-electron chi connectivity index (χ2n) is 4.02. The fourth-order valence-corrected chi connectivity index (χ4v) is 1.42. The first kappa shape index (κ1) is 13.7. The molecule has 96 valence electrons. The third-order valence-corrected chi connectivity index (χ3v) is 2.27. The van der Waals surface area contributed by atoms with Crippen LogP contribution in [0.3, 0.4) is 0 Å². The van der Waals surface area contributed by atoms with Crippen LogP contribution in [0.2, 0.25) is 0 Å². The van der Waals surface area contributed by atoms with Crippen LogP contribution in [-0.2, 0) is 0 Å². The highest BCUT2D eigenvalue weighted by molar-refractivity contribution is 5.33. The van der Waals surface area contributed by atoms with Gasteiger partial charge < -0.3 is 15.8 Å². The first-order valence-electron chi connectivity index (χ1n) is 6.20. The number of nitrogens with one attached hydrogen (secondary N) is 1. The molecule has 1 aromatic rings. The van der Waals surface area contributed by atoms with E-state index in [9.17, 15) is 0 Å². The molecule has 1 rings (SSSR count). The van der Waals surface area contributed by atoms with E-state index < -0.39 is 0 Å². The average molecular weight is 238 g/mol. The third-order valence-electron chi connectivity index (χ3n) is 2.27. The molecule has 0 radical (unpaired) electrons. The highest BCUT2D eigenvalue weighted by atomic mass is 16.5. The SMILES string of the molecule is CCCOc1cncc(NCC(N)CCC)n1. The molecule has 5 heteroatoms. The van der Waals surface area contributed by atoms with Gasteiger partial charge in [-0.15, -0.1) is 0 Å². The van der Waals surface area contributed by atoms with Gasteiger partial charge in [0.05, 0.1) is 19.0 Å². The second kappa shape index (κ2) is 7.84. The lowest BCUT2D eigenvalue weighted by Crippen LogP contribution is -2.29. The van der Waals surface area contributed by atoms with E-state index >= 15 is 0 Å². The van der Waals surface area contributed by atoms with E-state index in [0.29, 0.717) is 24.8 Å². The van der Waals surface area contributed by atoms with Crippen molar-refractivity contribution < 1.29 is 4.74 Å². The minimum Gasteiger partial charge on any atom is -0.477 e. The van der Waals surface area contributed by atoms with Crippen molar-refractivity contribution >= 4 is 5.82 Å². The van der Waals surface area contributed by atoms with Gasteiger partial charge in [-0.05, 0) is 12.8 Å². The molecular weight excluding hydrogens is 216 g/mol. The number of nitrogens with zero attached hydrogens (tertiary/aromatic N) is 2. The molecule has 0 bridgehead atoms. The van der Waals surface area contributed by atoms with Crippen LogP contribution in [0.1, 0.15) is 33.1 Å². The van der Waals surface area contributed by atoms with Crippen LogP contribution in [-0.4, -0.2) is 29.2 Å². The van der Waals surface area contributed by atoms with Gasteiger partial charge in [-0.3, -0.25) is 4.98 Å². The molecule has 0 fully saturated rings. The summed E-state index contributed by atoms with van der Waals surface area (Å²) in [6.45, 7) is 5.55. The fourth-order valence-electron chi connectivity index (χ4n) is 1.42. The normalized spacial score (nSPS) is 12.2. The van der Waals surface area contributed by atoms with E-state index in [2.05, 4.69) is 29.1 Å². The number of hydrogen-bond donors (Lipinski definition) is 2. The minimum atomic E-state index is 0.155. The zero-order valence-electron chi connectivity index (χ0n) is 10.6. The monoisotopic (exact) mass is 238 g/mol. The molecule has 1 unspecified atom stereocenters. The van der Waals surface area contributed by atoms with Gasteiger partial charge in [0.25, 0.3) is 0 Å². The Bertz CT molecular complexity index is 319. The van der Waals surface area contributed by atoms with Gasteiger partial charge in [-0.2, -0.15) is 4.98 Å². The van der Waals surface area contributed by atoms with Crippen molar-refractivity contribution in [2.45, 2.75) is 39.2 Å². The summed E-state index contributed by atoms with van der Waals surface area (Å²) in [5.41, 5.74) is 5.91. The Labute approximate surface area is 103 Å². The van der Waals surface area contributed by atoms with Crippen LogP contribution < -0.4 is 15.8 Å². The maximum Gasteiger partial charge on any atom is 0.234 e. The Kier molecular flexibility index (Phi) is 6.32. The van der Waals surface area contributed by atoms with E-state index in [1.165, 1.54) is 0 Å². The van der Waals surface area contributed by atoms with Crippen LogP contribution in [0.15, 0.2) is 12.4 Å². The standard InChI is InChI=1S/C12H22N4O/c1-3-5-10(13)7-15-11-8-14-9-12(16-11)17-6-4-2/h8-10H,3-7,13H2,1-2H3,(H,15,16). The van der Waals surface area contributed by atoms with Crippen molar-refractivity contribution in [2.75, 3.05) is 18.5 Å². The number of aromatic nitrogens is 2. The quantitative estimate of drug-likeness (QED) is 0.722. The van der Waals surface area contributed by atoms with Gasteiger partial charge in [-0.1, -0.05) is 20.3 Å². The first-order valence-corrected chi connectivity index (χ1v) is 6.20. The molecule has 0 aliphatic carbocycles. The van der Waals surface area contributed by atoms with Crippen LogP contribution >= 0.6 is 0 Å². The predicted molar refractivity (Wildman–Crippen MR) is 69.2 cm³/mol. The Balaban J connectivity index is 2.42. The zero-order chi connectivity index (χ0) is 12.5. The molecule has 17 heavy (non-hydrogen) atoms. The fraction of sp³-hybridized carbons (Fsp3) is 0.667. The topological polar surface area (TPSA) is 73.1 Å². The Hall–Kier alpha value is -1.36. The first-order chi connectivity index (χ1) is 8.26. The maximum atomic E-state index is 5.91. The van der Waals surface area contributed by atoms with E-state index in [0.717, 1.165) is 19.3 Å². The van der Waals surface area contributed by atoms with Gasteiger partial charge in [0.15, 0.2) is 0 Å². The molecule has 0 amide bonds. The summed E-state index contributed by atoms with van der Waals surface area (Å²) in [6.07, 6.45) is 6.35. The number of rotatable bonds is 8. The molecule has 0 saturated carbocycles. The summed E-state index contributed by atoms with van der Waals surface area (Å²) in [6, 6.07) is 0.155. The highest BCUT2D eigenvalue weighted by Gasteiger charge is 2.03. The van der Waals surface area contributed by atoms with Gasteiger partial charge >= 0.3 is 0 Å². The summed E-state index contributed by atoms with van der Waals surface area (Å²) in [5.74, 6) is 1.27. The van der Waals surface area contributed by atoms with Crippen molar-refractivity contribution in [3.05, 3.63) is 12.4 Å². The van der Waals surface area contributed by atoms with Crippen molar-refractivity contribution in [1.82, 2.24) is 9.97 Å². The number of hydrogen-bond acceptors (Lipinski definition) is 5. The molecule has 0 aliphatic rings. The van der Waals surface area contributed by atoms with Crippen LogP contribution in [0, 0.1) is 0 Å². The third kappa shape index (κ3) is 5.49. The molecule has 0 spiro atoms. The molecule has 1 aromatic heterocycles. The smallest absolute Gasteiger partial charge is 0.234 e. The molecule has 3 N–H and O–H groups in total. The molecule has 1 atom stereocenters. The Morgan fingerprint density at radius 3 is 2.88 bits per heavy atom. The molecule has 5 nitrogen and oxygen atoms in total. The van der Waals surface area contributed by atoms with E-state index in [1.54, 1.807) is 12.4 Å². The van der Waals surface area contributed by atoms with Gasteiger partial charge in [0, 0.05) is 12.6 Å². The van der Waals surface area contributed by atoms with Gasteiger partial charge in [0.1, 0.15) is 5.82 Å². The Morgan fingerprint density at radius 1 is 1.35 bits per heavy atom. The lowest BCUT2D eigenvalue weighted by Gasteiger charge is -2.12. The van der Waals surface area contributed by atoms with Crippen molar-refractivity contribution in [1.29, 1.82) is 0 Å². The molecule has 1 heterocycles. The van der Waals surface area contributed by atoms with E-state index in [4.69, 9.17) is 10.5 Å². The lowest BCUT2D eigenvalue weighted by atomic mass is 10.2. The summed E-state index contributed by atoms with van der Waals surface area (Å²) in [4.78, 5) is 8.36. The zero-order valence-corrected chi connectivity index (χ0v) is 10.6. The summed E-state index contributed by atoms with van der Waals surface area (Å²) >= 11 is 0. The number of anilines is 1. The average Bonchev–Trinajstić information content (AvgIpc) is 2.35.